The summed E-state index contributed by atoms with van der Waals surface area (Å²) < 4.78 is 6.71. The molecule has 1 amide bonds. The minimum absolute atomic E-state index is 0.170. The average Bonchev–Trinajstić information content (AvgIpc) is 3.22. The highest BCUT2D eigenvalue weighted by atomic mass is 16.5. The molecule has 0 bridgehead atoms. The van der Waals surface area contributed by atoms with Gasteiger partial charge in [0.1, 0.15) is 5.56 Å². The van der Waals surface area contributed by atoms with Gasteiger partial charge in [-0.05, 0) is 66.6 Å². The van der Waals surface area contributed by atoms with E-state index >= 15 is 0 Å². The molecule has 1 N–H and O–H groups in total. The van der Waals surface area contributed by atoms with E-state index in [0.29, 0.717) is 11.4 Å². The second kappa shape index (κ2) is 7.91. The molecular formula is C23H23N3O3. The summed E-state index contributed by atoms with van der Waals surface area (Å²) in [6, 6.07) is 11.4. The molecule has 148 valence electrons. The van der Waals surface area contributed by atoms with E-state index in [2.05, 4.69) is 16.4 Å². The zero-order valence-electron chi connectivity index (χ0n) is 16.6. The van der Waals surface area contributed by atoms with Crippen molar-refractivity contribution in [1.29, 1.82) is 0 Å². The molecule has 0 atom stereocenters. The van der Waals surface area contributed by atoms with E-state index in [0.717, 1.165) is 30.5 Å². The fourth-order valence-corrected chi connectivity index (χ4v) is 3.86. The highest BCUT2D eigenvalue weighted by Gasteiger charge is 2.20. The number of amides is 1. The maximum absolute atomic E-state index is 13.2. The monoisotopic (exact) mass is 389 g/mol. The van der Waals surface area contributed by atoms with Gasteiger partial charge in [-0.2, -0.15) is 0 Å². The van der Waals surface area contributed by atoms with E-state index in [1.807, 2.05) is 18.2 Å². The van der Waals surface area contributed by atoms with E-state index in [1.54, 1.807) is 43.1 Å². The molecule has 1 aliphatic carbocycles. The Morgan fingerprint density at radius 3 is 2.93 bits per heavy atom. The largest absolute Gasteiger partial charge is 0.481 e. The predicted octanol–water partition coefficient (Wildman–Crippen LogP) is 2.97. The Kier molecular flexibility index (Phi) is 5.16. The van der Waals surface area contributed by atoms with Crippen molar-refractivity contribution in [2.75, 3.05) is 7.11 Å². The minimum Gasteiger partial charge on any atom is -0.481 e. The summed E-state index contributed by atoms with van der Waals surface area (Å²) in [5.41, 5.74) is 4.74. The number of hydrogen-bond acceptors (Lipinski definition) is 4. The molecule has 6 heteroatoms. The van der Waals surface area contributed by atoms with E-state index in [4.69, 9.17) is 4.74 Å². The second-order valence-corrected chi connectivity index (χ2v) is 7.21. The third-order valence-corrected chi connectivity index (χ3v) is 5.37. The zero-order valence-corrected chi connectivity index (χ0v) is 16.6. The smallest absolute Gasteiger partial charge is 0.268 e. The van der Waals surface area contributed by atoms with Crippen LogP contribution in [-0.2, 0) is 19.4 Å². The first-order chi connectivity index (χ1) is 14.1. The number of hydrogen-bond donors (Lipinski definition) is 1. The van der Waals surface area contributed by atoms with Crippen molar-refractivity contribution in [3.63, 3.8) is 0 Å². The second-order valence-electron chi connectivity index (χ2n) is 7.21. The Morgan fingerprint density at radius 2 is 2.10 bits per heavy atom. The lowest BCUT2D eigenvalue weighted by Gasteiger charge is -2.14. The van der Waals surface area contributed by atoms with Gasteiger partial charge in [0.2, 0.25) is 5.88 Å². The molecule has 0 saturated heterocycles. The van der Waals surface area contributed by atoms with E-state index in [1.165, 1.54) is 11.1 Å². The maximum Gasteiger partial charge on any atom is 0.268 e. The van der Waals surface area contributed by atoms with Gasteiger partial charge in [0.05, 0.1) is 12.8 Å². The van der Waals surface area contributed by atoms with Crippen LogP contribution in [0, 0.1) is 6.92 Å². The summed E-state index contributed by atoms with van der Waals surface area (Å²) in [4.78, 5) is 30.1. The molecule has 0 saturated carbocycles. The average molecular weight is 389 g/mol. The Hall–Kier alpha value is -3.41. The Balaban J connectivity index is 1.64. The molecule has 2 aromatic heterocycles. The van der Waals surface area contributed by atoms with Gasteiger partial charge in [-0.25, -0.2) is 4.98 Å². The van der Waals surface area contributed by atoms with Crippen molar-refractivity contribution < 1.29 is 9.53 Å². The quantitative estimate of drug-likeness (QED) is 0.728. The van der Waals surface area contributed by atoms with Crippen LogP contribution in [0.2, 0.25) is 0 Å². The number of carbonyl (C=O) groups excluding carboxylic acids is 1. The lowest BCUT2D eigenvalue weighted by atomic mass is 10.1. The number of benzene rings is 1. The number of nitrogens with zero attached hydrogens (tertiary/aromatic N) is 2. The molecule has 2 heterocycles. The number of aromatic nitrogens is 2. The topological polar surface area (TPSA) is 73.2 Å². The van der Waals surface area contributed by atoms with Crippen LogP contribution in [0.4, 0.5) is 0 Å². The SMILES string of the molecule is COc1cc(CNC(=O)c2c(C)ccn(-c3cccc4c3CCC4)c2=O)ccn1. The summed E-state index contributed by atoms with van der Waals surface area (Å²) in [5.74, 6) is 0.0955. The molecule has 0 aliphatic heterocycles. The molecule has 4 rings (SSSR count). The zero-order chi connectivity index (χ0) is 20.4. The molecule has 6 nitrogen and oxygen atoms in total. The van der Waals surface area contributed by atoms with Gasteiger partial charge in [-0.1, -0.05) is 12.1 Å². The van der Waals surface area contributed by atoms with Crippen molar-refractivity contribution in [1.82, 2.24) is 14.9 Å². The lowest BCUT2D eigenvalue weighted by Crippen LogP contribution is -2.33. The first-order valence-electron chi connectivity index (χ1n) is 9.69. The summed E-state index contributed by atoms with van der Waals surface area (Å²) in [5, 5.41) is 2.84. The van der Waals surface area contributed by atoms with Gasteiger partial charge < -0.3 is 10.1 Å². The summed E-state index contributed by atoms with van der Waals surface area (Å²) in [7, 11) is 1.54. The fourth-order valence-electron chi connectivity index (χ4n) is 3.86. The summed E-state index contributed by atoms with van der Waals surface area (Å²) in [6.45, 7) is 2.07. The summed E-state index contributed by atoms with van der Waals surface area (Å²) in [6.07, 6.45) is 6.46. The van der Waals surface area contributed by atoms with Crippen LogP contribution in [0.15, 0.2) is 53.6 Å². The van der Waals surface area contributed by atoms with Crippen LogP contribution in [0.25, 0.3) is 5.69 Å². The van der Waals surface area contributed by atoms with Crippen LogP contribution in [0.5, 0.6) is 5.88 Å². The molecule has 0 unspecified atom stereocenters. The third kappa shape index (κ3) is 3.66. The first-order valence-corrected chi connectivity index (χ1v) is 9.69. The predicted molar refractivity (Wildman–Crippen MR) is 111 cm³/mol. The third-order valence-electron chi connectivity index (χ3n) is 5.37. The number of ether oxygens (including phenoxy) is 1. The Bertz CT molecular complexity index is 1130. The van der Waals surface area contributed by atoms with Gasteiger partial charge in [0.15, 0.2) is 0 Å². The normalized spacial score (nSPS) is 12.5. The van der Waals surface area contributed by atoms with Crippen LogP contribution in [-0.4, -0.2) is 22.6 Å². The van der Waals surface area contributed by atoms with Crippen LogP contribution in [0.1, 0.15) is 39.0 Å². The van der Waals surface area contributed by atoms with Crippen molar-refractivity contribution in [2.24, 2.45) is 0 Å². The first kappa shape index (κ1) is 18.9. The van der Waals surface area contributed by atoms with Crippen molar-refractivity contribution in [3.8, 4) is 11.6 Å². The highest BCUT2D eigenvalue weighted by molar-refractivity contribution is 5.95. The number of aryl methyl sites for hydroxylation is 2. The van der Waals surface area contributed by atoms with Gasteiger partial charge >= 0.3 is 0 Å². The number of rotatable bonds is 5. The standard InChI is InChI=1S/C23H23N3O3/c1-15-10-12-26(19-8-4-6-17-5-3-7-18(17)19)23(28)21(15)22(27)25-14-16-9-11-24-20(13-16)29-2/h4,6,8-13H,3,5,7,14H2,1-2H3,(H,25,27). The maximum atomic E-state index is 13.2. The number of pyridine rings is 2. The van der Waals surface area contributed by atoms with E-state index in [9.17, 15) is 9.59 Å². The van der Waals surface area contributed by atoms with Crippen molar-refractivity contribution in [2.45, 2.75) is 32.7 Å². The van der Waals surface area contributed by atoms with Gasteiger partial charge in [0.25, 0.3) is 11.5 Å². The van der Waals surface area contributed by atoms with Gasteiger partial charge in [-0.15, -0.1) is 0 Å². The Morgan fingerprint density at radius 1 is 1.24 bits per heavy atom. The van der Waals surface area contributed by atoms with E-state index in [-0.39, 0.29) is 23.6 Å². The number of carbonyl (C=O) groups is 1. The molecule has 1 aromatic carbocycles. The van der Waals surface area contributed by atoms with Crippen LogP contribution in [0.3, 0.4) is 0 Å². The molecule has 0 fully saturated rings. The molecule has 0 radical (unpaired) electrons. The Labute approximate surface area is 169 Å². The number of fused-ring (bicyclic) bond motifs is 1. The number of nitrogens with one attached hydrogen (secondary N) is 1. The molecule has 29 heavy (non-hydrogen) atoms. The molecule has 3 aromatic rings. The highest BCUT2D eigenvalue weighted by Crippen LogP contribution is 2.27. The summed E-state index contributed by atoms with van der Waals surface area (Å²) >= 11 is 0. The van der Waals surface area contributed by atoms with Crippen LogP contribution >= 0.6 is 0 Å². The van der Waals surface area contributed by atoms with Crippen LogP contribution < -0.4 is 15.6 Å². The molecule has 1 aliphatic rings. The van der Waals surface area contributed by atoms with E-state index < -0.39 is 0 Å². The number of methoxy groups -OCH3 is 1. The van der Waals surface area contributed by atoms with Crippen molar-refractivity contribution in [3.05, 3.63) is 87.0 Å². The minimum atomic E-state index is -0.384. The fraction of sp³-hybridized carbons (Fsp3) is 0.261. The van der Waals surface area contributed by atoms with Gasteiger partial charge in [0, 0.05) is 25.0 Å². The van der Waals surface area contributed by atoms with Gasteiger partial charge in [-0.3, -0.25) is 14.2 Å². The lowest BCUT2D eigenvalue weighted by molar-refractivity contribution is 0.0948. The van der Waals surface area contributed by atoms with Crippen molar-refractivity contribution >= 4 is 5.91 Å². The molecular weight excluding hydrogens is 366 g/mol. The molecule has 0 spiro atoms.